The van der Waals surface area contributed by atoms with Crippen LogP contribution in [0.1, 0.15) is 49.6 Å². The molecule has 1 heterocycles. The highest BCUT2D eigenvalue weighted by Gasteiger charge is 2.59. The van der Waals surface area contributed by atoms with E-state index in [0.29, 0.717) is 12.1 Å². The van der Waals surface area contributed by atoms with Gasteiger partial charge in [0.05, 0.1) is 18.4 Å². The summed E-state index contributed by atoms with van der Waals surface area (Å²) in [5, 5.41) is 37.6. The molecule has 0 radical (unpaired) electrons. The summed E-state index contributed by atoms with van der Waals surface area (Å²) in [6, 6.07) is 6.52. The number of thiazole rings is 1. The number of hydrogen-bond donors (Lipinski definition) is 5. The Morgan fingerprint density at radius 3 is 2.81 bits per heavy atom. The number of benzene rings is 1. The van der Waals surface area contributed by atoms with E-state index in [1.807, 2.05) is 14.0 Å². The zero-order chi connectivity index (χ0) is 22.4. The highest BCUT2D eigenvalue weighted by atomic mass is 32.1. The number of aromatic hydroxyl groups is 1. The van der Waals surface area contributed by atoms with Gasteiger partial charge in [-0.05, 0) is 42.7 Å². The van der Waals surface area contributed by atoms with Crippen LogP contribution in [-0.2, 0) is 11.2 Å². The lowest BCUT2D eigenvalue weighted by Crippen LogP contribution is -2.57. The van der Waals surface area contributed by atoms with Crippen molar-refractivity contribution in [1.82, 2.24) is 4.98 Å². The molecule has 7 nitrogen and oxygen atoms in total. The summed E-state index contributed by atoms with van der Waals surface area (Å²) in [5.74, 6) is -0.137. The van der Waals surface area contributed by atoms with Crippen molar-refractivity contribution in [3.05, 3.63) is 34.8 Å². The Bertz CT molecular complexity index is 979. The maximum Gasteiger partial charge on any atom is 0.225 e. The number of carbonyl (C=O) groups excluding carboxylic acids is 1. The summed E-state index contributed by atoms with van der Waals surface area (Å²) in [4.78, 5) is 19.0. The lowest BCUT2D eigenvalue weighted by atomic mass is 9.47. The maximum atomic E-state index is 13.1. The highest BCUT2D eigenvalue weighted by Crippen LogP contribution is 2.62. The lowest BCUT2D eigenvalue weighted by molar-refractivity contribution is -0.143. The Labute approximate surface area is 186 Å². The molecule has 2 aliphatic rings. The van der Waals surface area contributed by atoms with Gasteiger partial charge in [0.15, 0.2) is 5.13 Å². The first kappa shape index (κ1) is 22.0. The first-order valence-corrected chi connectivity index (χ1v) is 11.6. The van der Waals surface area contributed by atoms with Crippen LogP contribution in [0.5, 0.6) is 5.75 Å². The average Bonchev–Trinajstić information content (AvgIpc) is 3.15. The van der Waals surface area contributed by atoms with E-state index in [1.165, 1.54) is 6.07 Å². The molecule has 8 heteroatoms. The summed E-state index contributed by atoms with van der Waals surface area (Å²) in [6.45, 7) is 4.06. The van der Waals surface area contributed by atoms with Crippen LogP contribution in [0.2, 0.25) is 0 Å². The second-order valence-electron chi connectivity index (χ2n) is 9.41. The third-order valence-electron chi connectivity index (χ3n) is 7.63. The maximum absolute atomic E-state index is 13.1. The SMILES string of the molecule is CNc1nc2c(s1)C[C@@H]1[C@](C)(CO)[C@H](O)CC[C@@]1(C)[C@@H]2CC(=O)Nc1cccc(O)c1. The van der Waals surface area contributed by atoms with Crippen molar-refractivity contribution in [1.29, 1.82) is 0 Å². The Balaban J connectivity index is 1.70. The fourth-order valence-corrected chi connectivity index (χ4v) is 6.76. The van der Waals surface area contributed by atoms with Gasteiger partial charge in [-0.1, -0.05) is 19.9 Å². The number of hydrogen-bond acceptors (Lipinski definition) is 7. The summed E-state index contributed by atoms with van der Waals surface area (Å²) >= 11 is 1.59. The predicted molar refractivity (Wildman–Crippen MR) is 121 cm³/mol. The van der Waals surface area contributed by atoms with E-state index in [0.717, 1.165) is 28.5 Å². The van der Waals surface area contributed by atoms with Crippen LogP contribution in [0, 0.1) is 16.7 Å². The van der Waals surface area contributed by atoms with Crippen LogP contribution >= 0.6 is 11.3 Å². The number of aliphatic hydroxyl groups is 2. The number of nitrogens with zero attached hydrogens (tertiary/aromatic N) is 1. The molecule has 31 heavy (non-hydrogen) atoms. The zero-order valence-electron chi connectivity index (χ0n) is 18.2. The Morgan fingerprint density at radius 1 is 1.35 bits per heavy atom. The molecule has 2 aliphatic carbocycles. The molecule has 1 fully saturated rings. The number of rotatable bonds is 5. The summed E-state index contributed by atoms with van der Waals surface area (Å²) in [7, 11) is 1.84. The van der Waals surface area contributed by atoms with Crippen LogP contribution in [-0.4, -0.2) is 46.0 Å². The van der Waals surface area contributed by atoms with E-state index in [2.05, 4.69) is 17.6 Å². The first-order chi connectivity index (χ1) is 14.7. The molecule has 4 rings (SSSR count). The van der Waals surface area contributed by atoms with Crippen molar-refractivity contribution in [3.63, 3.8) is 0 Å². The van der Waals surface area contributed by atoms with E-state index >= 15 is 0 Å². The van der Waals surface area contributed by atoms with E-state index in [9.17, 15) is 20.1 Å². The van der Waals surface area contributed by atoms with E-state index in [-0.39, 0.29) is 41.9 Å². The smallest absolute Gasteiger partial charge is 0.225 e. The molecular weight excluding hydrogens is 414 g/mol. The molecule has 1 amide bonds. The molecule has 1 aromatic carbocycles. The quantitative estimate of drug-likeness (QED) is 0.482. The van der Waals surface area contributed by atoms with Crippen LogP contribution in [0.15, 0.2) is 24.3 Å². The number of phenols is 1. The highest BCUT2D eigenvalue weighted by molar-refractivity contribution is 7.15. The molecule has 0 unspecified atom stereocenters. The van der Waals surface area contributed by atoms with Crippen LogP contribution in [0.25, 0.3) is 0 Å². The normalized spacial score (nSPS) is 32.1. The van der Waals surface area contributed by atoms with Gasteiger partial charge >= 0.3 is 0 Å². The molecule has 0 saturated heterocycles. The Kier molecular flexibility index (Phi) is 5.74. The number of anilines is 2. The number of nitrogens with one attached hydrogen (secondary N) is 2. The molecule has 168 valence electrons. The molecule has 0 spiro atoms. The van der Waals surface area contributed by atoms with Gasteiger partial charge in [0, 0.05) is 41.4 Å². The largest absolute Gasteiger partial charge is 0.508 e. The van der Waals surface area contributed by atoms with Gasteiger partial charge in [0.1, 0.15) is 5.75 Å². The third kappa shape index (κ3) is 3.70. The number of phenolic OH excluding ortho intramolecular Hbond substituents is 1. The minimum absolute atomic E-state index is 0.0324. The van der Waals surface area contributed by atoms with Gasteiger partial charge in [-0.2, -0.15) is 0 Å². The van der Waals surface area contributed by atoms with Crippen molar-refractivity contribution in [2.45, 2.75) is 51.6 Å². The molecule has 5 N–H and O–H groups in total. The minimum atomic E-state index is -0.631. The zero-order valence-corrected chi connectivity index (χ0v) is 19.0. The van der Waals surface area contributed by atoms with Crippen molar-refractivity contribution >= 4 is 28.1 Å². The van der Waals surface area contributed by atoms with E-state index in [4.69, 9.17) is 4.98 Å². The second-order valence-corrected chi connectivity index (χ2v) is 10.5. The number of carbonyl (C=O) groups is 1. The summed E-state index contributed by atoms with van der Waals surface area (Å²) in [6.07, 6.45) is 1.78. The average molecular weight is 446 g/mol. The number of aromatic nitrogens is 1. The van der Waals surface area contributed by atoms with Gasteiger partial charge in [-0.3, -0.25) is 4.79 Å². The van der Waals surface area contributed by atoms with Gasteiger partial charge in [0.2, 0.25) is 5.91 Å². The fraction of sp³-hybridized carbons (Fsp3) is 0.565. The van der Waals surface area contributed by atoms with Crippen molar-refractivity contribution in [2.24, 2.45) is 16.7 Å². The second kappa shape index (κ2) is 8.07. The molecule has 2 aromatic rings. The lowest BCUT2D eigenvalue weighted by Gasteiger charge is -2.58. The van der Waals surface area contributed by atoms with Crippen LogP contribution in [0.3, 0.4) is 0 Å². The molecule has 0 aliphatic heterocycles. The van der Waals surface area contributed by atoms with Crippen LogP contribution < -0.4 is 10.6 Å². The Morgan fingerprint density at radius 2 is 2.13 bits per heavy atom. The third-order valence-corrected chi connectivity index (χ3v) is 8.74. The molecule has 5 atom stereocenters. The van der Waals surface area contributed by atoms with Crippen LogP contribution in [0.4, 0.5) is 10.8 Å². The Hall–Kier alpha value is -2.16. The van der Waals surface area contributed by atoms with E-state index < -0.39 is 11.5 Å². The van der Waals surface area contributed by atoms with Gasteiger partial charge in [-0.15, -0.1) is 11.3 Å². The topological polar surface area (TPSA) is 115 Å². The van der Waals surface area contributed by atoms with Crippen molar-refractivity contribution in [2.75, 3.05) is 24.3 Å². The monoisotopic (exact) mass is 445 g/mol. The number of aliphatic hydroxyl groups excluding tert-OH is 2. The predicted octanol–water partition coefficient (Wildman–Crippen LogP) is 3.33. The first-order valence-electron chi connectivity index (χ1n) is 10.8. The van der Waals surface area contributed by atoms with Gasteiger partial charge in [0.25, 0.3) is 0 Å². The molecule has 1 saturated carbocycles. The molecule has 0 bridgehead atoms. The summed E-state index contributed by atoms with van der Waals surface area (Å²) < 4.78 is 0. The number of amides is 1. The molecular formula is C23H31N3O4S. The fourth-order valence-electron chi connectivity index (χ4n) is 5.73. The van der Waals surface area contributed by atoms with Crippen molar-refractivity contribution in [3.8, 4) is 5.75 Å². The minimum Gasteiger partial charge on any atom is -0.508 e. The number of fused-ring (bicyclic) bond motifs is 2. The molecule has 1 aromatic heterocycles. The standard InChI is InChI=1S/C23H31N3O4S/c1-22-8-7-18(29)23(2,12-27)17(22)11-16-20(26-21(24-3)31-16)15(22)10-19(30)25-13-5-4-6-14(28)9-13/h4-6,9,15,17-18,27-29H,7-8,10-12H2,1-3H3,(H,24,26)(H,25,30)/t15-,17+,18-,22+,23+/m1/s1. The summed E-state index contributed by atoms with van der Waals surface area (Å²) in [5.41, 5.74) is 0.597. The van der Waals surface area contributed by atoms with Crippen molar-refractivity contribution < 1.29 is 20.1 Å². The van der Waals surface area contributed by atoms with Gasteiger partial charge < -0.3 is 26.0 Å². The van der Waals surface area contributed by atoms with E-state index in [1.54, 1.807) is 29.5 Å². The van der Waals surface area contributed by atoms with Gasteiger partial charge in [-0.25, -0.2) is 4.98 Å².